The molecule has 0 atom stereocenters. The van der Waals surface area contributed by atoms with Gasteiger partial charge in [0.1, 0.15) is 5.82 Å². The van der Waals surface area contributed by atoms with Crippen LogP contribution >= 0.6 is 0 Å². The fourth-order valence-electron chi connectivity index (χ4n) is 1.63. The van der Waals surface area contributed by atoms with Crippen molar-refractivity contribution in [3.8, 4) is 0 Å². The number of sulfonamides is 1. The molecular weight excluding hydrogens is 254 g/mol. The van der Waals surface area contributed by atoms with Crippen molar-refractivity contribution in [2.75, 3.05) is 12.3 Å². The first-order valence-corrected chi connectivity index (χ1v) is 7.17. The number of aryl methyl sites for hydroxylation is 1. The van der Waals surface area contributed by atoms with Gasteiger partial charge >= 0.3 is 0 Å². The lowest BCUT2D eigenvalue weighted by atomic mass is 10.3. The van der Waals surface area contributed by atoms with Crippen molar-refractivity contribution in [1.29, 1.82) is 0 Å². The fourth-order valence-corrected chi connectivity index (χ4v) is 3.01. The second kappa shape index (κ2) is 5.26. The van der Waals surface area contributed by atoms with Crippen LogP contribution in [0.3, 0.4) is 0 Å². The molecule has 96 valence electrons. The Bertz CT molecular complexity index is 554. The van der Waals surface area contributed by atoms with Gasteiger partial charge in [-0.25, -0.2) is 22.7 Å². The zero-order valence-electron chi connectivity index (χ0n) is 9.69. The second-order valence-electron chi connectivity index (χ2n) is 3.83. The van der Waals surface area contributed by atoms with Crippen LogP contribution in [0.15, 0.2) is 30.6 Å². The van der Waals surface area contributed by atoms with Crippen LogP contribution in [0.2, 0.25) is 0 Å². The normalized spacial score (nSPS) is 16.0. The Kier molecular flexibility index (Phi) is 3.71. The van der Waals surface area contributed by atoms with Crippen LogP contribution in [0.4, 0.5) is 0 Å². The van der Waals surface area contributed by atoms with Gasteiger partial charge in [0.2, 0.25) is 10.0 Å². The second-order valence-corrected chi connectivity index (χ2v) is 5.85. The Morgan fingerprint density at radius 3 is 2.67 bits per heavy atom. The van der Waals surface area contributed by atoms with E-state index in [-0.39, 0.29) is 18.7 Å². The molecule has 0 fully saturated rings. The van der Waals surface area contributed by atoms with Crippen LogP contribution in [0.1, 0.15) is 12.2 Å². The van der Waals surface area contributed by atoms with E-state index in [1.807, 2.05) is 0 Å². The zero-order chi connectivity index (χ0) is 13.0. The molecule has 0 radical (unpaired) electrons. The minimum atomic E-state index is -3.58. The lowest BCUT2D eigenvalue weighted by Gasteiger charge is -2.22. The van der Waals surface area contributed by atoms with E-state index in [1.165, 1.54) is 6.08 Å². The highest BCUT2D eigenvalue weighted by Crippen LogP contribution is 2.10. The molecule has 7 heteroatoms. The molecule has 0 spiro atoms. The number of nitrogens with zero attached hydrogens (tertiary/aromatic N) is 3. The molecule has 1 aliphatic rings. The summed E-state index contributed by atoms with van der Waals surface area (Å²) in [5.74, 6) is -0.173. The molecule has 0 bridgehead atoms. The standard InChI is InChI=1S/C11H13N3O3S/c15-11-4-1-2-8-14(11)18(16,17)9-5-10-12-6-3-7-13-10/h1,3-4,6-7H,2,5,8-9H2. The summed E-state index contributed by atoms with van der Waals surface area (Å²) in [5, 5.41) is 0. The molecule has 2 heterocycles. The molecule has 1 aromatic heterocycles. The molecule has 0 saturated carbocycles. The Balaban J connectivity index is 2.04. The summed E-state index contributed by atoms with van der Waals surface area (Å²) >= 11 is 0. The van der Waals surface area contributed by atoms with E-state index in [2.05, 4.69) is 9.97 Å². The van der Waals surface area contributed by atoms with Crippen LogP contribution in [0.5, 0.6) is 0 Å². The molecular formula is C11H13N3O3S. The van der Waals surface area contributed by atoms with Crippen LogP contribution in [0.25, 0.3) is 0 Å². The third kappa shape index (κ3) is 2.92. The number of carbonyl (C=O) groups excluding carboxylic acids is 1. The van der Waals surface area contributed by atoms with E-state index in [9.17, 15) is 13.2 Å². The number of amides is 1. The smallest absolute Gasteiger partial charge is 0.259 e. The SMILES string of the molecule is O=C1C=CCCN1S(=O)(=O)CCc1ncccn1. The Morgan fingerprint density at radius 1 is 1.28 bits per heavy atom. The third-order valence-electron chi connectivity index (χ3n) is 2.54. The van der Waals surface area contributed by atoms with E-state index in [1.54, 1.807) is 24.5 Å². The summed E-state index contributed by atoms with van der Waals surface area (Å²) in [6, 6.07) is 1.66. The lowest BCUT2D eigenvalue weighted by Crippen LogP contribution is -2.40. The largest absolute Gasteiger partial charge is 0.269 e. The van der Waals surface area contributed by atoms with E-state index in [0.717, 1.165) is 4.31 Å². The third-order valence-corrected chi connectivity index (χ3v) is 4.30. The highest BCUT2D eigenvalue weighted by molar-refractivity contribution is 7.89. The van der Waals surface area contributed by atoms with Gasteiger partial charge in [0.15, 0.2) is 0 Å². The summed E-state index contributed by atoms with van der Waals surface area (Å²) in [5.41, 5.74) is 0. The van der Waals surface area contributed by atoms with E-state index in [0.29, 0.717) is 12.2 Å². The van der Waals surface area contributed by atoms with Gasteiger partial charge in [-0.1, -0.05) is 6.08 Å². The summed E-state index contributed by atoms with van der Waals surface area (Å²) < 4.78 is 24.9. The van der Waals surface area contributed by atoms with Crippen molar-refractivity contribution in [2.24, 2.45) is 0 Å². The van der Waals surface area contributed by atoms with Gasteiger partial charge < -0.3 is 0 Å². The predicted molar refractivity (Wildman–Crippen MR) is 65.0 cm³/mol. The number of rotatable bonds is 4. The number of carbonyl (C=O) groups is 1. The lowest BCUT2D eigenvalue weighted by molar-refractivity contribution is -0.121. The number of hydrogen-bond donors (Lipinski definition) is 0. The van der Waals surface area contributed by atoms with Gasteiger partial charge in [0.05, 0.1) is 5.75 Å². The minimum absolute atomic E-state index is 0.156. The quantitative estimate of drug-likeness (QED) is 0.775. The van der Waals surface area contributed by atoms with Crippen LogP contribution in [0, 0.1) is 0 Å². The topological polar surface area (TPSA) is 80.2 Å². The van der Waals surface area contributed by atoms with Crippen molar-refractivity contribution >= 4 is 15.9 Å². The summed E-state index contributed by atoms with van der Waals surface area (Å²) in [6.45, 7) is 0.216. The highest BCUT2D eigenvalue weighted by Gasteiger charge is 2.26. The van der Waals surface area contributed by atoms with E-state index >= 15 is 0 Å². The van der Waals surface area contributed by atoms with Gasteiger partial charge in [0, 0.05) is 31.4 Å². The van der Waals surface area contributed by atoms with Gasteiger partial charge in [-0.2, -0.15) is 0 Å². The molecule has 18 heavy (non-hydrogen) atoms. The molecule has 6 nitrogen and oxygen atoms in total. The summed E-state index contributed by atoms with van der Waals surface area (Å²) in [6.07, 6.45) is 6.85. The molecule has 1 amide bonds. The van der Waals surface area contributed by atoms with Crippen LogP contribution in [-0.2, 0) is 21.2 Å². The Morgan fingerprint density at radius 2 is 2.00 bits per heavy atom. The minimum Gasteiger partial charge on any atom is -0.269 e. The van der Waals surface area contributed by atoms with Gasteiger partial charge in [-0.15, -0.1) is 0 Å². The van der Waals surface area contributed by atoms with Crippen molar-refractivity contribution in [2.45, 2.75) is 12.8 Å². The highest BCUT2D eigenvalue weighted by atomic mass is 32.2. The van der Waals surface area contributed by atoms with Crippen molar-refractivity contribution in [1.82, 2.24) is 14.3 Å². The molecule has 0 aromatic carbocycles. The van der Waals surface area contributed by atoms with Crippen LogP contribution < -0.4 is 0 Å². The van der Waals surface area contributed by atoms with Crippen molar-refractivity contribution in [3.05, 3.63) is 36.4 Å². The first-order valence-electron chi connectivity index (χ1n) is 5.56. The maximum Gasteiger partial charge on any atom is 0.259 e. The van der Waals surface area contributed by atoms with E-state index < -0.39 is 15.9 Å². The zero-order valence-corrected chi connectivity index (χ0v) is 10.5. The fraction of sp³-hybridized carbons (Fsp3) is 0.364. The predicted octanol–water partition coefficient (Wildman–Crippen LogP) is 0.137. The number of aromatic nitrogens is 2. The van der Waals surface area contributed by atoms with Crippen molar-refractivity contribution in [3.63, 3.8) is 0 Å². The Hall–Kier alpha value is -1.76. The maximum absolute atomic E-state index is 12.0. The monoisotopic (exact) mass is 267 g/mol. The van der Waals surface area contributed by atoms with Gasteiger partial charge in [-0.05, 0) is 12.5 Å². The first-order chi connectivity index (χ1) is 8.59. The maximum atomic E-state index is 12.0. The average molecular weight is 267 g/mol. The van der Waals surface area contributed by atoms with E-state index in [4.69, 9.17) is 0 Å². The Labute approximate surface area is 105 Å². The molecule has 2 rings (SSSR count). The van der Waals surface area contributed by atoms with Gasteiger partial charge in [-0.3, -0.25) is 4.79 Å². The number of hydrogen-bond acceptors (Lipinski definition) is 5. The van der Waals surface area contributed by atoms with Gasteiger partial charge in [0.25, 0.3) is 5.91 Å². The summed E-state index contributed by atoms with van der Waals surface area (Å²) in [4.78, 5) is 19.4. The first kappa shape index (κ1) is 12.7. The average Bonchev–Trinajstić information content (AvgIpc) is 2.38. The molecule has 0 N–H and O–H groups in total. The molecule has 1 aliphatic heterocycles. The molecule has 1 aromatic rings. The van der Waals surface area contributed by atoms with Crippen LogP contribution in [-0.4, -0.2) is 40.9 Å². The molecule has 0 saturated heterocycles. The summed E-state index contributed by atoms with van der Waals surface area (Å²) in [7, 11) is -3.58. The molecule has 0 aliphatic carbocycles. The molecule has 0 unspecified atom stereocenters. The van der Waals surface area contributed by atoms with Crippen molar-refractivity contribution < 1.29 is 13.2 Å².